The monoisotopic (exact) mass is 576 g/mol. The number of hydrogen-bond acceptors (Lipinski definition) is 3. The van der Waals surface area contributed by atoms with E-state index >= 15 is 0 Å². The smallest absolute Gasteiger partial charge is 0.128 e. The molecule has 3 atom stereocenters. The number of aliphatic imine (C=N–C) groups is 1. The van der Waals surface area contributed by atoms with Gasteiger partial charge in [0.15, 0.2) is 0 Å². The summed E-state index contributed by atoms with van der Waals surface area (Å²) in [6.45, 7) is 6.93. The zero-order chi connectivity index (χ0) is 26.9. The van der Waals surface area contributed by atoms with Crippen LogP contribution < -0.4 is 10.1 Å². The van der Waals surface area contributed by atoms with Crippen molar-refractivity contribution < 1.29 is 4.74 Å². The van der Waals surface area contributed by atoms with Gasteiger partial charge >= 0.3 is 0 Å². The molecule has 0 spiro atoms. The van der Waals surface area contributed by atoms with E-state index in [-0.39, 0.29) is 6.04 Å². The molecular formula is C35H33BrN2O. The van der Waals surface area contributed by atoms with E-state index in [1.807, 2.05) is 24.4 Å². The highest BCUT2D eigenvalue weighted by Crippen LogP contribution is 2.50. The van der Waals surface area contributed by atoms with E-state index in [0.717, 1.165) is 27.9 Å². The maximum absolute atomic E-state index is 6.22. The average Bonchev–Trinajstić information content (AvgIpc) is 3.41. The molecule has 1 heterocycles. The summed E-state index contributed by atoms with van der Waals surface area (Å²) in [4.78, 5) is 4.80. The second-order valence-electron chi connectivity index (χ2n) is 10.9. The summed E-state index contributed by atoms with van der Waals surface area (Å²) >= 11 is 3.60. The van der Waals surface area contributed by atoms with Crippen molar-refractivity contribution in [1.29, 1.82) is 0 Å². The van der Waals surface area contributed by atoms with Crippen LogP contribution >= 0.6 is 15.9 Å². The summed E-state index contributed by atoms with van der Waals surface area (Å²) in [5.41, 5.74) is 10.8. The molecule has 0 radical (unpaired) electrons. The Labute approximate surface area is 239 Å². The lowest BCUT2D eigenvalue weighted by molar-refractivity contribution is 0.305. The molecule has 0 aromatic heterocycles. The highest BCUT2D eigenvalue weighted by molar-refractivity contribution is 9.10. The zero-order valence-corrected chi connectivity index (χ0v) is 24.2. The van der Waals surface area contributed by atoms with Gasteiger partial charge < -0.3 is 10.1 Å². The van der Waals surface area contributed by atoms with Gasteiger partial charge in [-0.3, -0.25) is 4.99 Å². The van der Waals surface area contributed by atoms with E-state index in [4.69, 9.17) is 9.73 Å². The van der Waals surface area contributed by atoms with Crippen LogP contribution in [0.2, 0.25) is 0 Å². The molecular weight excluding hydrogens is 544 g/mol. The van der Waals surface area contributed by atoms with Crippen LogP contribution in [0.25, 0.3) is 0 Å². The van der Waals surface area contributed by atoms with E-state index in [2.05, 4.69) is 115 Å². The zero-order valence-electron chi connectivity index (χ0n) is 22.6. The lowest BCUT2D eigenvalue weighted by atomic mass is 9.76. The molecule has 0 saturated heterocycles. The topological polar surface area (TPSA) is 33.6 Å². The van der Waals surface area contributed by atoms with Gasteiger partial charge in [0.1, 0.15) is 12.4 Å². The molecule has 3 nitrogen and oxygen atoms in total. The maximum atomic E-state index is 6.22. The molecule has 39 heavy (non-hydrogen) atoms. The standard InChI is InChI=1S/C35H33BrN2O/c1-22-7-13-33-32(18-22)30-5-4-6-31(30)35(38-33)26-8-11-29(12-9-26)37-20-27-19-28(36)10-14-34(27)39-21-25-16-23(2)15-24(3)17-25/h4-5,7-20,30-31,35,38H,6,21H2,1-3H3/t30-,31-,35-/m0/s1. The third kappa shape index (κ3) is 5.58. The Morgan fingerprint density at radius 2 is 1.69 bits per heavy atom. The molecule has 0 saturated carbocycles. The minimum absolute atomic E-state index is 0.286. The number of rotatable bonds is 6. The second-order valence-corrected chi connectivity index (χ2v) is 11.8. The third-order valence-corrected chi connectivity index (χ3v) is 8.26. The van der Waals surface area contributed by atoms with Crippen LogP contribution in [0.3, 0.4) is 0 Å². The van der Waals surface area contributed by atoms with Gasteiger partial charge in [-0.05, 0) is 86.2 Å². The van der Waals surface area contributed by atoms with Gasteiger partial charge in [0.2, 0.25) is 0 Å². The van der Waals surface area contributed by atoms with Crippen molar-refractivity contribution in [2.45, 2.75) is 45.8 Å². The van der Waals surface area contributed by atoms with Gasteiger partial charge in [0.25, 0.3) is 0 Å². The van der Waals surface area contributed by atoms with Crippen LogP contribution in [0.4, 0.5) is 11.4 Å². The fraction of sp³-hybridized carbons (Fsp3) is 0.229. The van der Waals surface area contributed by atoms with Crippen molar-refractivity contribution in [3.63, 3.8) is 0 Å². The fourth-order valence-corrected chi connectivity index (χ4v) is 6.40. The Balaban J connectivity index is 1.19. The Bertz CT molecular complexity index is 1550. The summed E-state index contributed by atoms with van der Waals surface area (Å²) in [7, 11) is 0. The van der Waals surface area contributed by atoms with E-state index in [9.17, 15) is 0 Å². The van der Waals surface area contributed by atoms with E-state index in [1.54, 1.807) is 0 Å². The Hall–Kier alpha value is -3.63. The lowest BCUT2D eigenvalue weighted by Gasteiger charge is -2.37. The summed E-state index contributed by atoms with van der Waals surface area (Å²) < 4.78 is 7.22. The SMILES string of the molecule is Cc1cc(C)cc(COc2ccc(Br)cc2C=Nc2ccc([C@@H]3Nc4ccc(C)cc4[C@H]4C=CC[C@@H]43)cc2)c1. The van der Waals surface area contributed by atoms with Gasteiger partial charge in [-0.2, -0.15) is 0 Å². The fourth-order valence-electron chi connectivity index (χ4n) is 6.02. The molecule has 1 aliphatic heterocycles. The number of benzene rings is 4. The number of nitrogens with one attached hydrogen (secondary N) is 1. The molecule has 4 aromatic rings. The molecule has 6 rings (SSSR count). The minimum Gasteiger partial charge on any atom is -0.488 e. The first-order valence-electron chi connectivity index (χ1n) is 13.6. The average molecular weight is 578 g/mol. The number of allylic oxidation sites excluding steroid dienone is 2. The van der Waals surface area contributed by atoms with Crippen molar-refractivity contribution in [3.05, 3.63) is 134 Å². The van der Waals surface area contributed by atoms with Gasteiger partial charge in [-0.1, -0.05) is 87.2 Å². The lowest BCUT2D eigenvalue weighted by Crippen LogP contribution is -2.29. The maximum Gasteiger partial charge on any atom is 0.128 e. The Kier molecular flexibility index (Phi) is 7.14. The molecule has 0 bridgehead atoms. The predicted octanol–water partition coefficient (Wildman–Crippen LogP) is 9.53. The van der Waals surface area contributed by atoms with E-state index < -0.39 is 0 Å². The Morgan fingerprint density at radius 1 is 0.897 bits per heavy atom. The van der Waals surface area contributed by atoms with Gasteiger partial charge in [0.05, 0.1) is 11.7 Å². The molecule has 1 aliphatic carbocycles. The van der Waals surface area contributed by atoms with Crippen LogP contribution in [-0.2, 0) is 6.61 Å². The van der Waals surface area contributed by atoms with Crippen LogP contribution in [0.15, 0.2) is 100 Å². The van der Waals surface area contributed by atoms with Crippen molar-refractivity contribution >= 4 is 33.5 Å². The van der Waals surface area contributed by atoms with Crippen molar-refractivity contribution in [2.24, 2.45) is 10.9 Å². The first kappa shape index (κ1) is 25.6. The summed E-state index contributed by atoms with van der Waals surface area (Å²) in [6.07, 6.45) is 7.74. The molecule has 196 valence electrons. The first-order valence-corrected chi connectivity index (χ1v) is 14.4. The molecule has 0 unspecified atom stereocenters. The van der Waals surface area contributed by atoms with Crippen molar-refractivity contribution in [2.75, 3.05) is 5.32 Å². The van der Waals surface area contributed by atoms with Gasteiger partial charge in [0, 0.05) is 27.9 Å². The molecule has 0 fully saturated rings. The van der Waals surface area contributed by atoms with Crippen LogP contribution in [0.1, 0.15) is 57.3 Å². The molecule has 0 amide bonds. The number of anilines is 1. The van der Waals surface area contributed by atoms with Crippen molar-refractivity contribution in [1.82, 2.24) is 0 Å². The number of nitrogens with zero attached hydrogens (tertiary/aromatic N) is 1. The number of hydrogen-bond donors (Lipinski definition) is 1. The third-order valence-electron chi connectivity index (χ3n) is 7.77. The largest absolute Gasteiger partial charge is 0.488 e. The highest BCUT2D eigenvalue weighted by Gasteiger charge is 2.37. The van der Waals surface area contributed by atoms with Gasteiger partial charge in [-0.25, -0.2) is 0 Å². The Morgan fingerprint density at radius 3 is 2.49 bits per heavy atom. The normalized spacial score (nSPS) is 19.5. The number of ether oxygens (including phenoxy) is 1. The predicted molar refractivity (Wildman–Crippen MR) is 166 cm³/mol. The van der Waals surface area contributed by atoms with Crippen LogP contribution in [-0.4, -0.2) is 6.21 Å². The quantitative estimate of drug-likeness (QED) is 0.183. The molecule has 4 aromatic carbocycles. The highest BCUT2D eigenvalue weighted by atomic mass is 79.9. The van der Waals surface area contributed by atoms with Gasteiger partial charge in [-0.15, -0.1) is 0 Å². The number of fused-ring (bicyclic) bond motifs is 3. The van der Waals surface area contributed by atoms with E-state index in [0.29, 0.717) is 18.4 Å². The number of aryl methyl sites for hydroxylation is 3. The minimum atomic E-state index is 0.286. The first-order chi connectivity index (χ1) is 18.9. The molecule has 1 N–H and O–H groups in total. The molecule has 4 heteroatoms. The summed E-state index contributed by atoms with van der Waals surface area (Å²) in [6, 6.07) is 28.3. The van der Waals surface area contributed by atoms with Crippen LogP contribution in [0.5, 0.6) is 5.75 Å². The van der Waals surface area contributed by atoms with E-state index in [1.165, 1.54) is 39.1 Å². The molecule has 2 aliphatic rings. The van der Waals surface area contributed by atoms with Crippen LogP contribution in [0, 0.1) is 26.7 Å². The number of halogens is 1. The summed E-state index contributed by atoms with van der Waals surface area (Å²) in [5, 5.41) is 3.84. The van der Waals surface area contributed by atoms with Crippen molar-refractivity contribution in [3.8, 4) is 5.75 Å². The summed E-state index contributed by atoms with van der Waals surface area (Å²) in [5.74, 6) is 1.83. The second kappa shape index (κ2) is 10.9.